The van der Waals surface area contributed by atoms with E-state index in [-0.39, 0.29) is 17.4 Å². The van der Waals surface area contributed by atoms with Crippen molar-refractivity contribution in [3.8, 4) is 0 Å². The number of hydrogen-bond acceptors (Lipinski definition) is 4. The molecule has 1 aliphatic rings. The fraction of sp³-hybridized carbons (Fsp3) is 0.429. The number of nitrogens with one attached hydrogen (secondary N) is 2. The van der Waals surface area contributed by atoms with Crippen LogP contribution in [0.3, 0.4) is 0 Å². The maximum Gasteiger partial charge on any atom is 0.238 e. The number of anilines is 1. The highest BCUT2D eigenvalue weighted by Crippen LogP contribution is 2.29. The summed E-state index contributed by atoms with van der Waals surface area (Å²) in [6.45, 7) is 9.42. The van der Waals surface area contributed by atoms with E-state index >= 15 is 0 Å². The van der Waals surface area contributed by atoms with Crippen LogP contribution in [0.15, 0.2) is 48.8 Å². The number of aromatic nitrogens is 1. The van der Waals surface area contributed by atoms with E-state index in [1.807, 2.05) is 30.5 Å². The van der Waals surface area contributed by atoms with Crippen molar-refractivity contribution in [2.75, 3.05) is 31.5 Å². The van der Waals surface area contributed by atoms with E-state index in [9.17, 15) is 4.79 Å². The van der Waals surface area contributed by atoms with Crippen LogP contribution < -0.4 is 10.6 Å². The zero-order valence-electron chi connectivity index (χ0n) is 15.8. The Bertz CT molecular complexity index is 739. The number of amides is 1. The molecule has 1 aromatic carbocycles. The molecule has 26 heavy (non-hydrogen) atoms. The summed E-state index contributed by atoms with van der Waals surface area (Å²) in [6, 6.07) is 12.2. The van der Waals surface area contributed by atoms with Crippen molar-refractivity contribution < 1.29 is 4.79 Å². The van der Waals surface area contributed by atoms with E-state index in [0.29, 0.717) is 6.54 Å². The van der Waals surface area contributed by atoms with Gasteiger partial charge in [-0.05, 0) is 28.7 Å². The summed E-state index contributed by atoms with van der Waals surface area (Å²) in [6.07, 6.45) is 3.66. The fourth-order valence-corrected chi connectivity index (χ4v) is 3.46. The molecule has 0 bridgehead atoms. The van der Waals surface area contributed by atoms with Crippen molar-refractivity contribution in [2.24, 2.45) is 0 Å². The van der Waals surface area contributed by atoms with E-state index in [1.54, 1.807) is 6.20 Å². The molecular formula is C21H28N4O. The van der Waals surface area contributed by atoms with Crippen molar-refractivity contribution >= 4 is 11.6 Å². The van der Waals surface area contributed by atoms with Crippen LogP contribution in [0, 0.1) is 0 Å². The van der Waals surface area contributed by atoms with Gasteiger partial charge in [0.15, 0.2) is 0 Å². The van der Waals surface area contributed by atoms with Gasteiger partial charge in [-0.3, -0.25) is 14.7 Å². The number of para-hydroxylation sites is 1. The maximum atomic E-state index is 12.7. The highest BCUT2D eigenvalue weighted by Gasteiger charge is 2.26. The molecule has 1 fully saturated rings. The Morgan fingerprint density at radius 2 is 2.08 bits per heavy atom. The molecule has 0 spiro atoms. The molecule has 5 nitrogen and oxygen atoms in total. The third kappa shape index (κ3) is 4.48. The summed E-state index contributed by atoms with van der Waals surface area (Å²) < 4.78 is 0. The van der Waals surface area contributed by atoms with Crippen LogP contribution in [0.25, 0.3) is 0 Å². The number of rotatable bonds is 4. The Morgan fingerprint density at radius 3 is 2.81 bits per heavy atom. The van der Waals surface area contributed by atoms with Crippen LogP contribution in [0.1, 0.15) is 37.9 Å². The van der Waals surface area contributed by atoms with Crippen LogP contribution in [0.2, 0.25) is 0 Å². The lowest BCUT2D eigenvalue weighted by Crippen LogP contribution is -2.48. The monoisotopic (exact) mass is 352 g/mol. The molecule has 5 heteroatoms. The summed E-state index contributed by atoms with van der Waals surface area (Å²) in [7, 11) is 0. The molecule has 1 amide bonds. The Balaban J connectivity index is 1.71. The number of nitrogens with zero attached hydrogens (tertiary/aromatic N) is 2. The van der Waals surface area contributed by atoms with Crippen molar-refractivity contribution in [3.63, 3.8) is 0 Å². The normalized spacial score (nSPS) is 18.5. The Kier molecular flexibility index (Phi) is 5.69. The summed E-state index contributed by atoms with van der Waals surface area (Å²) >= 11 is 0. The minimum Gasteiger partial charge on any atom is -0.325 e. The molecule has 2 aromatic rings. The molecule has 3 rings (SSSR count). The van der Waals surface area contributed by atoms with E-state index < -0.39 is 0 Å². The van der Waals surface area contributed by atoms with Crippen LogP contribution in [-0.4, -0.2) is 42.0 Å². The van der Waals surface area contributed by atoms with Crippen LogP contribution >= 0.6 is 0 Å². The van der Waals surface area contributed by atoms with E-state index in [2.05, 4.69) is 53.4 Å². The van der Waals surface area contributed by atoms with Gasteiger partial charge in [0.05, 0.1) is 6.54 Å². The third-order valence-electron chi connectivity index (χ3n) is 4.78. The van der Waals surface area contributed by atoms with Gasteiger partial charge in [0.25, 0.3) is 0 Å². The molecule has 0 saturated carbocycles. The Hall–Kier alpha value is -2.24. The number of carbonyl (C=O) groups is 1. The topological polar surface area (TPSA) is 57.3 Å². The SMILES string of the molecule is CC(C)(C)c1ccccc1NC(=O)CN1CCNCC1c1cccnc1. The lowest BCUT2D eigenvalue weighted by Gasteiger charge is -2.36. The van der Waals surface area contributed by atoms with Gasteiger partial charge in [0.2, 0.25) is 5.91 Å². The van der Waals surface area contributed by atoms with Crippen molar-refractivity contribution in [1.29, 1.82) is 0 Å². The lowest BCUT2D eigenvalue weighted by atomic mass is 9.86. The van der Waals surface area contributed by atoms with Crippen LogP contribution in [-0.2, 0) is 10.2 Å². The minimum atomic E-state index is -0.0167. The third-order valence-corrected chi connectivity index (χ3v) is 4.78. The largest absolute Gasteiger partial charge is 0.325 e. The molecule has 1 aliphatic heterocycles. The quantitative estimate of drug-likeness (QED) is 0.888. The van der Waals surface area contributed by atoms with E-state index in [4.69, 9.17) is 0 Å². The predicted octanol–water partition coefficient (Wildman–Crippen LogP) is 2.96. The fourth-order valence-electron chi connectivity index (χ4n) is 3.46. The number of carbonyl (C=O) groups excluding carboxylic acids is 1. The summed E-state index contributed by atoms with van der Waals surface area (Å²) in [5, 5.41) is 6.53. The molecular weight excluding hydrogens is 324 g/mol. The van der Waals surface area contributed by atoms with Gasteiger partial charge in [-0.15, -0.1) is 0 Å². The zero-order valence-corrected chi connectivity index (χ0v) is 15.8. The zero-order chi connectivity index (χ0) is 18.6. The molecule has 1 atom stereocenters. The molecule has 2 heterocycles. The van der Waals surface area contributed by atoms with Crippen LogP contribution in [0.4, 0.5) is 5.69 Å². The number of pyridine rings is 1. The average molecular weight is 352 g/mol. The molecule has 0 aliphatic carbocycles. The second-order valence-corrected chi connectivity index (χ2v) is 7.82. The molecule has 2 N–H and O–H groups in total. The first-order chi connectivity index (χ1) is 12.4. The standard InChI is InChI=1S/C21H28N4O/c1-21(2,3)17-8-4-5-9-18(17)24-20(26)15-25-12-11-23-14-19(25)16-7-6-10-22-13-16/h4-10,13,19,23H,11-12,14-15H2,1-3H3,(H,24,26). The van der Waals surface area contributed by atoms with Gasteiger partial charge in [0, 0.05) is 43.8 Å². The first-order valence-electron chi connectivity index (χ1n) is 9.19. The first kappa shape index (κ1) is 18.5. The van der Waals surface area contributed by atoms with Gasteiger partial charge in [-0.25, -0.2) is 0 Å². The van der Waals surface area contributed by atoms with E-state index in [1.165, 1.54) is 0 Å². The number of hydrogen-bond donors (Lipinski definition) is 2. The summed E-state index contributed by atoms with van der Waals surface area (Å²) in [4.78, 5) is 19.2. The van der Waals surface area contributed by atoms with Crippen molar-refractivity contribution in [3.05, 3.63) is 59.9 Å². The summed E-state index contributed by atoms with van der Waals surface area (Å²) in [5.41, 5.74) is 3.18. The molecule has 1 aromatic heterocycles. The Labute approximate surface area is 155 Å². The van der Waals surface area contributed by atoms with Gasteiger partial charge in [-0.1, -0.05) is 45.0 Å². The first-order valence-corrected chi connectivity index (χ1v) is 9.19. The smallest absolute Gasteiger partial charge is 0.238 e. The average Bonchev–Trinajstić information content (AvgIpc) is 2.62. The minimum absolute atomic E-state index is 0.0167. The number of piperazine rings is 1. The van der Waals surface area contributed by atoms with Gasteiger partial charge < -0.3 is 10.6 Å². The second kappa shape index (κ2) is 7.98. The van der Waals surface area contributed by atoms with Gasteiger partial charge in [-0.2, -0.15) is 0 Å². The van der Waals surface area contributed by atoms with E-state index in [0.717, 1.165) is 36.4 Å². The van der Waals surface area contributed by atoms with Gasteiger partial charge in [0.1, 0.15) is 0 Å². The Morgan fingerprint density at radius 1 is 1.27 bits per heavy atom. The lowest BCUT2D eigenvalue weighted by molar-refractivity contribution is -0.118. The molecule has 138 valence electrons. The highest BCUT2D eigenvalue weighted by atomic mass is 16.2. The van der Waals surface area contributed by atoms with Crippen molar-refractivity contribution in [1.82, 2.24) is 15.2 Å². The second-order valence-electron chi connectivity index (χ2n) is 7.82. The van der Waals surface area contributed by atoms with Gasteiger partial charge >= 0.3 is 0 Å². The molecule has 1 unspecified atom stereocenters. The maximum absolute atomic E-state index is 12.7. The summed E-state index contributed by atoms with van der Waals surface area (Å²) in [5.74, 6) is 0.0255. The van der Waals surface area contributed by atoms with Crippen LogP contribution in [0.5, 0.6) is 0 Å². The number of benzene rings is 1. The molecule has 1 saturated heterocycles. The highest BCUT2D eigenvalue weighted by molar-refractivity contribution is 5.93. The molecule has 0 radical (unpaired) electrons. The predicted molar refractivity (Wildman–Crippen MR) is 105 cm³/mol. The van der Waals surface area contributed by atoms with Crippen molar-refractivity contribution in [2.45, 2.75) is 32.2 Å².